The van der Waals surface area contributed by atoms with Crippen molar-refractivity contribution in [2.24, 2.45) is 5.92 Å². The summed E-state index contributed by atoms with van der Waals surface area (Å²) in [5.74, 6) is -0.683. The Morgan fingerprint density at radius 3 is 2.29 bits per heavy atom. The summed E-state index contributed by atoms with van der Waals surface area (Å²) >= 11 is 0. The van der Waals surface area contributed by atoms with Crippen LogP contribution in [0.4, 0.5) is 0 Å². The van der Waals surface area contributed by atoms with Gasteiger partial charge in [0.1, 0.15) is 5.78 Å². The van der Waals surface area contributed by atoms with Gasteiger partial charge in [-0.1, -0.05) is 67.1 Å². The van der Waals surface area contributed by atoms with E-state index >= 15 is 0 Å². The molecule has 0 saturated carbocycles. The van der Waals surface area contributed by atoms with Crippen LogP contribution in [-0.4, -0.2) is 17.3 Å². The summed E-state index contributed by atoms with van der Waals surface area (Å²) in [6, 6.07) is 17.5. The lowest BCUT2D eigenvalue weighted by Crippen LogP contribution is -2.26. The van der Waals surface area contributed by atoms with Crippen molar-refractivity contribution in [1.29, 1.82) is 0 Å². The van der Waals surface area contributed by atoms with Crippen molar-refractivity contribution in [2.45, 2.75) is 32.6 Å². The first-order valence-corrected chi connectivity index (χ1v) is 8.22. The van der Waals surface area contributed by atoms with E-state index in [4.69, 9.17) is 0 Å². The standard InChI is InChI=1S/C20H23NO3/c1-15-8-11-18(12-9-15)19(14-21(23)24)16(2)20(22)13-10-17-6-4-3-5-7-17/h3-9,11-12,16,19H,10,13-14H2,1-2H3/t16-,19+/m1/s1. The smallest absolute Gasteiger partial charge is 0.211 e. The third-order valence-electron chi connectivity index (χ3n) is 4.47. The highest BCUT2D eigenvalue weighted by Crippen LogP contribution is 2.27. The number of rotatable bonds is 8. The summed E-state index contributed by atoms with van der Waals surface area (Å²) in [5.41, 5.74) is 3.07. The molecule has 0 radical (unpaired) electrons. The molecule has 2 atom stereocenters. The second-order valence-corrected chi connectivity index (χ2v) is 6.27. The predicted octanol–water partition coefficient (Wildman–Crippen LogP) is 4.19. The van der Waals surface area contributed by atoms with Crippen LogP contribution < -0.4 is 0 Å². The first kappa shape index (κ1) is 17.9. The van der Waals surface area contributed by atoms with Gasteiger partial charge in [-0.05, 0) is 24.5 Å². The second kappa shape index (κ2) is 8.39. The van der Waals surface area contributed by atoms with E-state index in [-0.39, 0.29) is 29.1 Å². The van der Waals surface area contributed by atoms with E-state index < -0.39 is 0 Å². The number of benzene rings is 2. The number of aryl methyl sites for hydroxylation is 2. The van der Waals surface area contributed by atoms with Crippen molar-refractivity contribution in [3.63, 3.8) is 0 Å². The average Bonchev–Trinajstić information content (AvgIpc) is 2.58. The van der Waals surface area contributed by atoms with Gasteiger partial charge in [0, 0.05) is 17.3 Å². The van der Waals surface area contributed by atoms with Crippen molar-refractivity contribution in [2.75, 3.05) is 6.54 Å². The van der Waals surface area contributed by atoms with Gasteiger partial charge in [-0.3, -0.25) is 14.9 Å². The zero-order valence-electron chi connectivity index (χ0n) is 14.1. The van der Waals surface area contributed by atoms with E-state index in [1.165, 1.54) is 0 Å². The zero-order valence-corrected chi connectivity index (χ0v) is 14.1. The summed E-state index contributed by atoms with van der Waals surface area (Å²) in [5, 5.41) is 11.1. The van der Waals surface area contributed by atoms with Gasteiger partial charge in [-0.15, -0.1) is 0 Å². The molecule has 24 heavy (non-hydrogen) atoms. The Bertz CT molecular complexity index is 680. The largest absolute Gasteiger partial charge is 0.299 e. The van der Waals surface area contributed by atoms with Crippen LogP contribution in [-0.2, 0) is 11.2 Å². The van der Waals surface area contributed by atoms with E-state index in [9.17, 15) is 14.9 Å². The van der Waals surface area contributed by atoms with E-state index in [0.29, 0.717) is 12.8 Å². The lowest BCUT2D eigenvalue weighted by Gasteiger charge is -2.20. The molecular weight excluding hydrogens is 302 g/mol. The lowest BCUT2D eigenvalue weighted by atomic mass is 9.82. The topological polar surface area (TPSA) is 60.2 Å². The van der Waals surface area contributed by atoms with Gasteiger partial charge in [0.25, 0.3) is 0 Å². The van der Waals surface area contributed by atoms with Crippen LogP contribution >= 0.6 is 0 Å². The fourth-order valence-electron chi connectivity index (χ4n) is 2.89. The van der Waals surface area contributed by atoms with Crippen LogP contribution in [0.25, 0.3) is 0 Å². The molecule has 2 rings (SSSR count). The second-order valence-electron chi connectivity index (χ2n) is 6.27. The van der Waals surface area contributed by atoms with Crippen LogP contribution in [0.2, 0.25) is 0 Å². The molecular formula is C20H23NO3. The average molecular weight is 325 g/mol. The molecule has 0 heterocycles. The minimum absolute atomic E-state index is 0.0753. The van der Waals surface area contributed by atoms with Crippen molar-refractivity contribution in [3.05, 3.63) is 81.4 Å². The molecule has 0 N–H and O–H groups in total. The maximum atomic E-state index is 12.6. The fourth-order valence-corrected chi connectivity index (χ4v) is 2.89. The van der Waals surface area contributed by atoms with Crippen molar-refractivity contribution in [1.82, 2.24) is 0 Å². The van der Waals surface area contributed by atoms with Gasteiger partial charge in [0.05, 0.1) is 5.92 Å². The summed E-state index contributed by atoms with van der Waals surface area (Å²) in [6.07, 6.45) is 1.08. The van der Waals surface area contributed by atoms with Crippen LogP contribution in [0, 0.1) is 23.0 Å². The third-order valence-corrected chi connectivity index (χ3v) is 4.47. The predicted molar refractivity (Wildman–Crippen MR) is 94.7 cm³/mol. The number of ketones is 1. The lowest BCUT2D eigenvalue weighted by molar-refractivity contribution is -0.484. The SMILES string of the molecule is Cc1ccc([C@@H](C[N+](=O)[O-])[C@@H](C)C(=O)CCc2ccccc2)cc1. The first-order chi connectivity index (χ1) is 11.5. The first-order valence-electron chi connectivity index (χ1n) is 8.22. The maximum absolute atomic E-state index is 12.6. The minimum atomic E-state index is -0.385. The number of carbonyl (C=O) groups excluding carboxylic acids is 1. The quantitative estimate of drug-likeness (QED) is 0.540. The summed E-state index contributed by atoms with van der Waals surface area (Å²) < 4.78 is 0. The molecule has 126 valence electrons. The Kier molecular flexibility index (Phi) is 6.24. The van der Waals surface area contributed by atoms with E-state index in [1.807, 2.05) is 61.5 Å². The monoisotopic (exact) mass is 325 g/mol. The van der Waals surface area contributed by atoms with Crippen LogP contribution in [0.3, 0.4) is 0 Å². The molecule has 0 spiro atoms. The van der Waals surface area contributed by atoms with E-state index in [0.717, 1.165) is 16.7 Å². The maximum Gasteiger partial charge on any atom is 0.211 e. The Balaban J connectivity index is 2.08. The molecule has 0 aliphatic carbocycles. The molecule has 0 saturated heterocycles. The van der Waals surface area contributed by atoms with Crippen molar-refractivity contribution in [3.8, 4) is 0 Å². The van der Waals surface area contributed by atoms with Crippen LogP contribution in [0.1, 0.15) is 36.0 Å². The number of nitro groups is 1. The van der Waals surface area contributed by atoms with E-state index in [1.54, 1.807) is 6.92 Å². The Labute approximate surface area is 142 Å². The van der Waals surface area contributed by atoms with Gasteiger partial charge in [-0.2, -0.15) is 0 Å². The van der Waals surface area contributed by atoms with Gasteiger partial charge in [0.2, 0.25) is 6.54 Å². The molecule has 0 bridgehead atoms. The molecule has 0 aliphatic rings. The number of hydrogen-bond donors (Lipinski definition) is 0. The normalized spacial score (nSPS) is 13.2. The number of carbonyl (C=O) groups is 1. The number of Topliss-reactive ketones (excluding diaryl/α,β-unsaturated/α-hetero) is 1. The van der Waals surface area contributed by atoms with E-state index in [2.05, 4.69) is 0 Å². The number of hydrogen-bond acceptors (Lipinski definition) is 3. The molecule has 4 nitrogen and oxygen atoms in total. The Hall–Kier alpha value is -2.49. The summed E-state index contributed by atoms with van der Waals surface area (Å²) in [7, 11) is 0. The summed E-state index contributed by atoms with van der Waals surface area (Å²) in [6.45, 7) is 3.56. The third kappa shape index (κ3) is 5.01. The van der Waals surface area contributed by atoms with Gasteiger partial charge in [0.15, 0.2) is 0 Å². The zero-order chi connectivity index (χ0) is 17.5. The van der Waals surface area contributed by atoms with Crippen molar-refractivity contribution >= 4 is 5.78 Å². The minimum Gasteiger partial charge on any atom is -0.299 e. The molecule has 0 unspecified atom stereocenters. The molecule has 2 aromatic carbocycles. The molecule has 0 aliphatic heterocycles. The molecule has 0 fully saturated rings. The van der Waals surface area contributed by atoms with Crippen LogP contribution in [0.15, 0.2) is 54.6 Å². The van der Waals surface area contributed by atoms with Crippen molar-refractivity contribution < 1.29 is 9.72 Å². The highest BCUT2D eigenvalue weighted by Gasteiger charge is 2.29. The molecule has 2 aromatic rings. The Morgan fingerprint density at radius 1 is 1.08 bits per heavy atom. The molecule has 0 aromatic heterocycles. The number of nitrogens with zero attached hydrogens (tertiary/aromatic N) is 1. The summed E-state index contributed by atoms with van der Waals surface area (Å²) in [4.78, 5) is 23.3. The highest BCUT2D eigenvalue weighted by molar-refractivity contribution is 5.82. The van der Waals surface area contributed by atoms with Gasteiger partial charge >= 0.3 is 0 Å². The van der Waals surface area contributed by atoms with Crippen LogP contribution in [0.5, 0.6) is 0 Å². The van der Waals surface area contributed by atoms with Gasteiger partial charge < -0.3 is 0 Å². The molecule has 0 amide bonds. The fraction of sp³-hybridized carbons (Fsp3) is 0.350. The molecule has 4 heteroatoms. The van der Waals surface area contributed by atoms with Gasteiger partial charge in [-0.25, -0.2) is 0 Å². The Morgan fingerprint density at radius 2 is 1.71 bits per heavy atom. The highest BCUT2D eigenvalue weighted by atomic mass is 16.6.